The summed E-state index contributed by atoms with van der Waals surface area (Å²) in [6, 6.07) is -3.53. The molecule has 10 heteroatoms. The van der Waals surface area contributed by atoms with Crippen LogP contribution in [0.15, 0.2) is 0 Å². The van der Waals surface area contributed by atoms with Crippen molar-refractivity contribution in [1.29, 1.82) is 0 Å². The summed E-state index contributed by atoms with van der Waals surface area (Å²) in [4.78, 5) is 48.8. The fourth-order valence-electron chi connectivity index (χ4n) is 2.77. The Labute approximate surface area is 183 Å². The number of carbonyl (C=O) groups is 4. The van der Waals surface area contributed by atoms with Crippen molar-refractivity contribution in [2.75, 3.05) is 12.0 Å². The van der Waals surface area contributed by atoms with Crippen molar-refractivity contribution in [1.82, 2.24) is 16.0 Å². The smallest absolute Gasteiger partial charge is 0.326 e. The lowest BCUT2D eigenvalue weighted by Gasteiger charge is -2.24. The largest absolute Gasteiger partial charge is 0.480 e. The number of carbonyl (C=O) groups excluding carboxylic acids is 3. The Bertz CT molecular complexity index is 586. The van der Waals surface area contributed by atoms with Gasteiger partial charge in [-0.3, -0.25) is 14.4 Å². The quantitative estimate of drug-likeness (QED) is 0.264. The van der Waals surface area contributed by atoms with Gasteiger partial charge in [0.2, 0.25) is 17.7 Å². The van der Waals surface area contributed by atoms with Gasteiger partial charge in [-0.05, 0) is 50.0 Å². The van der Waals surface area contributed by atoms with E-state index in [1.807, 2.05) is 34.0 Å². The Morgan fingerprint density at radius 3 is 1.83 bits per heavy atom. The van der Waals surface area contributed by atoms with Gasteiger partial charge >= 0.3 is 5.97 Å². The maximum absolute atomic E-state index is 12.6. The van der Waals surface area contributed by atoms with Crippen LogP contribution in [-0.4, -0.2) is 65.0 Å². The summed E-state index contributed by atoms with van der Waals surface area (Å²) >= 11 is 1.50. The molecule has 0 aromatic carbocycles. The molecule has 4 unspecified atom stereocenters. The Morgan fingerprint density at radius 1 is 0.833 bits per heavy atom. The van der Waals surface area contributed by atoms with Gasteiger partial charge in [0.15, 0.2) is 0 Å². The highest BCUT2D eigenvalue weighted by molar-refractivity contribution is 7.98. The van der Waals surface area contributed by atoms with Crippen LogP contribution in [0.1, 0.15) is 53.9 Å². The average molecular weight is 447 g/mol. The first-order valence-electron chi connectivity index (χ1n) is 10.3. The molecule has 30 heavy (non-hydrogen) atoms. The summed E-state index contributed by atoms with van der Waals surface area (Å²) in [6.07, 6.45) is 2.98. The summed E-state index contributed by atoms with van der Waals surface area (Å²) < 4.78 is 0. The van der Waals surface area contributed by atoms with Gasteiger partial charge < -0.3 is 26.8 Å². The van der Waals surface area contributed by atoms with Crippen LogP contribution in [0.3, 0.4) is 0 Å². The fourth-order valence-corrected chi connectivity index (χ4v) is 3.24. The second-order valence-corrected chi connectivity index (χ2v) is 9.32. The molecule has 0 aromatic heterocycles. The molecule has 0 rings (SSSR count). The van der Waals surface area contributed by atoms with E-state index in [0.717, 1.165) is 0 Å². The minimum atomic E-state index is -1.12. The lowest BCUT2D eigenvalue weighted by molar-refractivity contribution is -0.142. The first kappa shape index (κ1) is 28.2. The number of hydrogen-bond donors (Lipinski definition) is 5. The third kappa shape index (κ3) is 11.4. The number of aliphatic carboxylic acids is 1. The normalized spacial score (nSPS) is 15.2. The van der Waals surface area contributed by atoms with Crippen molar-refractivity contribution in [3.05, 3.63) is 0 Å². The number of amides is 3. The summed E-state index contributed by atoms with van der Waals surface area (Å²) in [5.41, 5.74) is 5.84. The monoisotopic (exact) mass is 446 g/mol. The zero-order chi connectivity index (χ0) is 23.4. The van der Waals surface area contributed by atoms with Crippen LogP contribution in [0.4, 0.5) is 0 Å². The van der Waals surface area contributed by atoms with Gasteiger partial charge in [0.25, 0.3) is 0 Å². The van der Waals surface area contributed by atoms with Gasteiger partial charge in [-0.2, -0.15) is 11.8 Å². The van der Waals surface area contributed by atoms with Gasteiger partial charge in [0.1, 0.15) is 18.1 Å². The molecule has 0 saturated heterocycles. The van der Waals surface area contributed by atoms with E-state index in [0.29, 0.717) is 18.6 Å². The molecule has 9 nitrogen and oxygen atoms in total. The van der Waals surface area contributed by atoms with Gasteiger partial charge in [-0.15, -0.1) is 0 Å². The molecule has 0 spiro atoms. The molecule has 0 aliphatic carbocycles. The molecule has 4 atom stereocenters. The van der Waals surface area contributed by atoms with Crippen LogP contribution in [-0.2, 0) is 19.2 Å². The number of nitrogens with one attached hydrogen (secondary N) is 3. The molecule has 0 saturated carbocycles. The van der Waals surface area contributed by atoms with E-state index in [1.165, 1.54) is 18.7 Å². The van der Waals surface area contributed by atoms with E-state index < -0.39 is 47.9 Å². The second-order valence-electron chi connectivity index (χ2n) is 8.34. The van der Waals surface area contributed by atoms with E-state index in [1.54, 1.807) is 0 Å². The summed E-state index contributed by atoms with van der Waals surface area (Å²) in [5.74, 6) is -1.72. The van der Waals surface area contributed by atoms with Crippen molar-refractivity contribution >= 4 is 35.5 Å². The predicted molar refractivity (Wildman–Crippen MR) is 119 cm³/mol. The number of nitrogens with two attached hydrogens (primary N) is 1. The zero-order valence-electron chi connectivity index (χ0n) is 18.9. The van der Waals surface area contributed by atoms with Gasteiger partial charge in [-0.1, -0.05) is 27.7 Å². The highest BCUT2D eigenvalue weighted by Gasteiger charge is 2.29. The van der Waals surface area contributed by atoms with Gasteiger partial charge in [0.05, 0.1) is 6.04 Å². The molecule has 0 heterocycles. The van der Waals surface area contributed by atoms with Crippen LogP contribution >= 0.6 is 11.8 Å². The highest BCUT2D eigenvalue weighted by Crippen LogP contribution is 2.08. The van der Waals surface area contributed by atoms with E-state index in [2.05, 4.69) is 16.0 Å². The van der Waals surface area contributed by atoms with Crippen molar-refractivity contribution in [2.45, 2.75) is 78.0 Å². The fraction of sp³-hybridized carbons (Fsp3) is 0.800. The number of carboxylic acid groups (broad SMARTS) is 1. The summed E-state index contributed by atoms with van der Waals surface area (Å²) in [5, 5.41) is 17.0. The molecule has 0 fully saturated rings. The van der Waals surface area contributed by atoms with Crippen LogP contribution in [0, 0.1) is 11.8 Å². The number of hydrogen-bond acceptors (Lipinski definition) is 6. The van der Waals surface area contributed by atoms with Gasteiger partial charge in [0, 0.05) is 0 Å². The lowest BCUT2D eigenvalue weighted by atomic mass is 10.0. The zero-order valence-corrected chi connectivity index (χ0v) is 19.7. The van der Waals surface area contributed by atoms with Crippen molar-refractivity contribution in [2.24, 2.45) is 17.6 Å². The SMILES string of the molecule is CSCCC(NC(=O)C(C)NC(=O)C(N)CC(C)C)C(=O)NC(CC(C)C)C(=O)O. The Hall–Kier alpha value is -1.81. The third-order valence-corrected chi connectivity index (χ3v) is 5.02. The average Bonchev–Trinajstić information content (AvgIpc) is 2.62. The van der Waals surface area contributed by atoms with E-state index in [4.69, 9.17) is 5.73 Å². The topological polar surface area (TPSA) is 151 Å². The molecule has 0 bridgehead atoms. The van der Waals surface area contributed by atoms with Crippen molar-refractivity contribution < 1.29 is 24.3 Å². The van der Waals surface area contributed by atoms with Crippen LogP contribution in [0.25, 0.3) is 0 Å². The standard InChI is InChI=1S/C20H38N4O5S/c1-11(2)9-14(21)18(26)22-13(5)17(25)23-15(7-8-30-6)19(27)24-16(20(28)29)10-12(3)4/h11-16H,7-10,21H2,1-6H3,(H,22,26)(H,23,25)(H,24,27)(H,28,29). The van der Waals surface area contributed by atoms with E-state index >= 15 is 0 Å². The molecule has 3 amide bonds. The van der Waals surface area contributed by atoms with Crippen molar-refractivity contribution in [3.63, 3.8) is 0 Å². The number of rotatable bonds is 14. The number of thioether (sulfide) groups is 1. The highest BCUT2D eigenvalue weighted by atomic mass is 32.2. The number of carboxylic acids is 1. The van der Waals surface area contributed by atoms with Crippen LogP contribution in [0.5, 0.6) is 0 Å². The molecule has 0 aromatic rings. The summed E-state index contributed by atoms with van der Waals surface area (Å²) in [6.45, 7) is 9.13. The summed E-state index contributed by atoms with van der Waals surface area (Å²) in [7, 11) is 0. The molecule has 0 aliphatic rings. The predicted octanol–water partition coefficient (Wildman–Crippen LogP) is 0.718. The Balaban J connectivity index is 5.04. The minimum absolute atomic E-state index is 0.0796. The molecular weight excluding hydrogens is 408 g/mol. The molecule has 174 valence electrons. The van der Waals surface area contributed by atoms with E-state index in [-0.39, 0.29) is 18.3 Å². The molecule has 0 aliphatic heterocycles. The second kappa shape index (κ2) is 14.2. The Kier molecular flexibility index (Phi) is 13.4. The van der Waals surface area contributed by atoms with Crippen LogP contribution < -0.4 is 21.7 Å². The molecule has 6 N–H and O–H groups in total. The van der Waals surface area contributed by atoms with E-state index in [9.17, 15) is 24.3 Å². The Morgan fingerprint density at radius 2 is 1.37 bits per heavy atom. The lowest BCUT2D eigenvalue weighted by Crippen LogP contribution is -2.56. The first-order valence-corrected chi connectivity index (χ1v) is 11.7. The molecule has 0 radical (unpaired) electrons. The van der Waals surface area contributed by atoms with Crippen molar-refractivity contribution in [3.8, 4) is 0 Å². The third-order valence-electron chi connectivity index (χ3n) is 4.38. The maximum Gasteiger partial charge on any atom is 0.326 e. The van der Waals surface area contributed by atoms with Crippen LogP contribution in [0.2, 0.25) is 0 Å². The van der Waals surface area contributed by atoms with Gasteiger partial charge in [-0.25, -0.2) is 4.79 Å². The first-order chi connectivity index (χ1) is 13.9. The molecular formula is C20H38N4O5S. The maximum atomic E-state index is 12.6. The minimum Gasteiger partial charge on any atom is -0.480 e.